The molecule has 0 atom stereocenters. The number of amides is 2. The molecule has 23 heavy (non-hydrogen) atoms. The lowest BCUT2D eigenvalue weighted by molar-refractivity contribution is 0.256. The van der Waals surface area contributed by atoms with E-state index in [1.807, 2.05) is 72.8 Å². The maximum absolute atomic E-state index is 9.00. The molecule has 2 amide bonds. The van der Waals surface area contributed by atoms with Gasteiger partial charge in [-0.05, 0) is 0 Å². The predicted octanol–water partition coefficient (Wildman–Crippen LogP) is 2.84. The number of isocyanates is 2. The van der Waals surface area contributed by atoms with Gasteiger partial charge in [0.2, 0.25) is 12.2 Å². The third-order valence-corrected chi connectivity index (χ3v) is 1.33. The van der Waals surface area contributed by atoms with Crippen molar-refractivity contribution in [1.82, 2.24) is 0 Å². The van der Waals surface area contributed by atoms with Crippen LogP contribution in [-0.2, 0) is 9.59 Å². The van der Waals surface area contributed by atoms with Gasteiger partial charge in [-0.2, -0.15) is 0 Å². The van der Waals surface area contributed by atoms with Crippen LogP contribution in [0.5, 0.6) is 0 Å². The van der Waals surface area contributed by atoms with Gasteiger partial charge in [0, 0.05) is 0 Å². The van der Waals surface area contributed by atoms with E-state index >= 15 is 0 Å². The molecular formula is C16H22N4O3. The maximum Gasteiger partial charge on any atom is 0.309 e. The zero-order valence-corrected chi connectivity index (χ0v) is 11.8. The number of hydrogen-bond acceptors (Lipinski definition) is 5. The van der Waals surface area contributed by atoms with Gasteiger partial charge in [-0.3, -0.25) is 0 Å². The number of benzene rings is 2. The molecule has 2 aromatic carbocycles. The summed E-state index contributed by atoms with van der Waals surface area (Å²) >= 11 is 0. The molecule has 7 nitrogen and oxygen atoms in total. The minimum absolute atomic E-state index is 0. The van der Waals surface area contributed by atoms with Crippen LogP contribution in [0.4, 0.5) is 4.79 Å². The molecule has 7 heteroatoms. The fourth-order valence-electron chi connectivity index (χ4n) is 0.770. The average Bonchev–Trinajstić information content (AvgIpc) is 2.52. The fourth-order valence-corrected chi connectivity index (χ4v) is 0.770. The predicted molar refractivity (Wildman–Crippen MR) is 90.2 cm³/mol. The molecule has 124 valence electrons. The zero-order chi connectivity index (χ0) is 17.5. The smallest absolute Gasteiger partial charge is 0.309 e. The third kappa shape index (κ3) is 69.8. The van der Waals surface area contributed by atoms with Crippen molar-refractivity contribution in [3.63, 3.8) is 0 Å². The van der Waals surface area contributed by atoms with E-state index in [0.29, 0.717) is 0 Å². The highest BCUT2D eigenvalue weighted by Gasteiger charge is 1.60. The minimum atomic E-state index is -0.833. The van der Waals surface area contributed by atoms with Gasteiger partial charge in [0.25, 0.3) is 0 Å². The number of primary amides is 2. The van der Waals surface area contributed by atoms with Crippen molar-refractivity contribution in [3.8, 4) is 0 Å². The second-order valence-corrected chi connectivity index (χ2v) is 2.92. The molecule has 0 spiro atoms. The Bertz CT molecular complexity index is 406. The molecule has 0 aliphatic rings. The third-order valence-electron chi connectivity index (χ3n) is 1.33. The van der Waals surface area contributed by atoms with Crippen LogP contribution in [0.25, 0.3) is 0 Å². The lowest BCUT2D eigenvalue weighted by atomic mass is 10.4. The highest BCUT2D eigenvalue weighted by atomic mass is 16.2. The Morgan fingerprint density at radius 2 is 0.652 bits per heavy atom. The number of carbonyl (C=O) groups excluding carboxylic acids is 3. The van der Waals surface area contributed by atoms with Gasteiger partial charge in [-0.25, -0.2) is 25.2 Å². The standard InChI is InChI=1S/2C6H6.CH4N2O.2CHNO.CH4/c2*1-2-4-6-5-3-1;2-1(3)4;2*2-1-3;/h2*1-6H;(H4,2,3,4);2*2H;1H4. The summed E-state index contributed by atoms with van der Waals surface area (Å²) in [5.41, 5.74) is 8.50. The van der Waals surface area contributed by atoms with Crippen LogP contribution in [0, 0.1) is 10.8 Å². The van der Waals surface area contributed by atoms with Gasteiger partial charge in [-0.1, -0.05) is 80.2 Å². The van der Waals surface area contributed by atoms with Crippen LogP contribution in [-0.4, -0.2) is 18.2 Å². The van der Waals surface area contributed by atoms with E-state index in [4.69, 9.17) is 25.2 Å². The lowest BCUT2D eigenvalue weighted by Gasteiger charge is -1.69. The number of nitrogens with one attached hydrogen (secondary N) is 2. The van der Waals surface area contributed by atoms with Gasteiger partial charge in [0.15, 0.2) is 0 Å². The molecule has 0 heterocycles. The van der Waals surface area contributed by atoms with Crippen molar-refractivity contribution in [3.05, 3.63) is 72.8 Å². The van der Waals surface area contributed by atoms with Gasteiger partial charge < -0.3 is 11.5 Å². The summed E-state index contributed by atoms with van der Waals surface area (Å²) in [6.45, 7) is 0. The fraction of sp³-hybridized carbons (Fsp3) is 0.0625. The van der Waals surface area contributed by atoms with Gasteiger partial charge in [0.1, 0.15) is 0 Å². The molecule has 0 aromatic heterocycles. The quantitative estimate of drug-likeness (QED) is 0.436. The first kappa shape index (κ1) is 27.8. The molecular weight excluding hydrogens is 296 g/mol. The Morgan fingerprint density at radius 3 is 0.696 bits per heavy atom. The number of hydrogen-bond donors (Lipinski definition) is 4. The Hall–Kier alpha value is -3.53. The lowest BCUT2D eigenvalue weighted by Crippen LogP contribution is -2.18. The molecule has 0 aliphatic carbocycles. The summed E-state index contributed by atoms with van der Waals surface area (Å²) in [6, 6.07) is 23.2. The number of carbonyl (C=O) groups is 1. The van der Waals surface area contributed by atoms with Crippen molar-refractivity contribution in [2.75, 3.05) is 0 Å². The van der Waals surface area contributed by atoms with E-state index in [9.17, 15) is 0 Å². The summed E-state index contributed by atoms with van der Waals surface area (Å²) in [7, 11) is 0. The van der Waals surface area contributed by atoms with Gasteiger partial charge >= 0.3 is 6.03 Å². The van der Waals surface area contributed by atoms with Crippen LogP contribution >= 0.6 is 0 Å². The summed E-state index contributed by atoms with van der Waals surface area (Å²) < 4.78 is 0. The van der Waals surface area contributed by atoms with Crippen molar-refractivity contribution in [2.45, 2.75) is 7.43 Å². The minimum Gasteiger partial charge on any atom is -0.352 e. The summed E-state index contributed by atoms with van der Waals surface area (Å²) in [6.07, 6.45) is 1.50. The van der Waals surface area contributed by atoms with Crippen molar-refractivity contribution >= 4 is 18.2 Å². The maximum atomic E-state index is 9.00. The normalized spacial score (nSPS) is 5.91. The first-order valence-electron chi connectivity index (χ1n) is 5.69. The van der Waals surface area contributed by atoms with E-state index in [1.165, 1.54) is 0 Å². The van der Waals surface area contributed by atoms with Gasteiger partial charge in [0.05, 0.1) is 0 Å². The Kier molecular flexibility index (Phi) is 37.5. The van der Waals surface area contributed by atoms with Crippen LogP contribution in [0.2, 0.25) is 0 Å². The van der Waals surface area contributed by atoms with Crippen molar-refractivity contribution in [1.29, 1.82) is 10.8 Å². The van der Waals surface area contributed by atoms with Crippen molar-refractivity contribution < 1.29 is 14.4 Å². The molecule has 0 fully saturated rings. The van der Waals surface area contributed by atoms with E-state index in [2.05, 4.69) is 11.5 Å². The Balaban J connectivity index is -0.000000101. The van der Waals surface area contributed by atoms with Crippen LogP contribution in [0.1, 0.15) is 7.43 Å². The largest absolute Gasteiger partial charge is 0.352 e. The average molecular weight is 318 g/mol. The monoisotopic (exact) mass is 318 g/mol. The van der Waals surface area contributed by atoms with E-state index in [-0.39, 0.29) is 7.43 Å². The summed E-state index contributed by atoms with van der Waals surface area (Å²) in [4.78, 5) is 25.7. The van der Waals surface area contributed by atoms with Gasteiger partial charge in [-0.15, -0.1) is 0 Å². The molecule has 2 aromatic rings. The SMILES string of the molecule is C.N=C=O.N=C=O.NC(N)=O.c1ccccc1.c1ccccc1. The van der Waals surface area contributed by atoms with E-state index in [0.717, 1.165) is 12.2 Å². The molecule has 0 radical (unpaired) electrons. The second kappa shape index (κ2) is 31.1. The van der Waals surface area contributed by atoms with E-state index < -0.39 is 6.03 Å². The van der Waals surface area contributed by atoms with Crippen molar-refractivity contribution in [2.24, 2.45) is 11.5 Å². The Labute approximate surface area is 136 Å². The second-order valence-electron chi connectivity index (χ2n) is 2.92. The molecule has 0 unspecified atom stereocenters. The first-order valence-corrected chi connectivity index (χ1v) is 5.69. The van der Waals surface area contributed by atoms with Crippen LogP contribution < -0.4 is 11.5 Å². The molecule has 6 N–H and O–H groups in total. The summed E-state index contributed by atoms with van der Waals surface area (Å²) in [5, 5.41) is 10.8. The van der Waals surface area contributed by atoms with E-state index in [1.54, 1.807) is 0 Å². The molecule has 0 saturated heterocycles. The number of urea groups is 1. The number of nitrogens with two attached hydrogens (primary N) is 2. The molecule has 2 rings (SSSR count). The zero-order valence-electron chi connectivity index (χ0n) is 11.8. The Morgan fingerprint density at radius 1 is 0.609 bits per heavy atom. The molecule has 0 saturated carbocycles. The number of rotatable bonds is 0. The molecule has 0 aliphatic heterocycles. The first-order chi connectivity index (χ1) is 10.6. The molecule has 0 bridgehead atoms. The topological polar surface area (TPSA) is 151 Å². The van der Waals surface area contributed by atoms with Crippen LogP contribution in [0.3, 0.4) is 0 Å². The summed E-state index contributed by atoms with van der Waals surface area (Å²) in [5.74, 6) is 0. The van der Waals surface area contributed by atoms with Crippen LogP contribution in [0.15, 0.2) is 72.8 Å². The highest BCUT2D eigenvalue weighted by Crippen LogP contribution is 1.80. The highest BCUT2D eigenvalue weighted by molar-refractivity contribution is 5.69.